The number of hydrazine groups is 1. The molecule has 142 valence electrons. The highest BCUT2D eigenvalue weighted by Crippen LogP contribution is 2.21. The first-order valence-corrected chi connectivity index (χ1v) is 8.92. The molecule has 0 aliphatic heterocycles. The van der Waals surface area contributed by atoms with E-state index in [2.05, 4.69) is 21.3 Å². The lowest BCUT2D eigenvalue weighted by atomic mass is 10.1. The number of nitrogens with zero attached hydrogens (tertiary/aromatic N) is 2. The lowest BCUT2D eigenvalue weighted by molar-refractivity contribution is -0.139. The minimum absolute atomic E-state index is 0.0515. The number of benzene rings is 1. The van der Waals surface area contributed by atoms with Crippen LogP contribution in [0, 0.1) is 13.8 Å². The zero-order chi connectivity index (χ0) is 19.6. The van der Waals surface area contributed by atoms with Crippen molar-refractivity contribution in [3.63, 3.8) is 0 Å². The summed E-state index contributed by atoms with van der Waals surface area (Å²) in [6.07, 6.45) is 1.72. The number of carbonyl (C=O) groups excluding carboxylic acids is 3. The molecule has 0 bridgehead atoms. The quantitative estimate of drug-likeness (QED) is 0.540. The maximum absolute atomic E-state index is 12.4. The number of carbonyl (C=O) groups is 3. The largest absolute Gasteiger partial charge is 0.345 e. The number of hydrogen-bond acceptors (Lipinski definition) is 4. The Bertz CT molecular complexity index is 887. The SMILES string of the molecule is Cc1ccc(Cn2nc(C)c(C(=O)NNC(=O)C(=O)NC3CC3)c2Cl)cc1. The smallest absolute Gasteiger partial charge is 0.327 e. The molecule has 8 nitrogen and oxygen atoms in total. The van der Waals surface area contributed by atoms with E-state index in [0.717, 1.165) is 24.0 Å². The molecule has 0 atom stereocenters. The Morgan fingerprint density at radius 2 is 1.78 bits per heavy atom. The third-order valence-electron chi connectivity index (χ3n) is 4.15. The molecular formula is C18H20ClN5O3. The van der Waals surface area contributed by atoms with Crippen LogP contribution in [0.25, 0.3) is 0 Å². The van der Waals surface area contributed by atoms with Crippen LogP contribution in [-0.4, -0.2) is 33.5 Å². The number of rotatable bonds is 4. The molecule has 3 amide bonds. The van der Waals surface area contributed by atoms with Gasteiger partial charge in [0.05, 0.1) is 12.2 Å². The Morgan fingerprint density at radius 3 is 2.41 bits per heavy atom. The Balaban J connectivity index is 1.64. The topological polar surface area (TPSA) is 105 Å². The minimum atomic E-state index is -0.934. The fraction of sp³-hybridized carbons (Fsp3) is 0.333. The number of aryl methyl sites for hydroxylation is 2. The molecule has 1 aromatic carbocycles. The van der Waals surface area contributed by atoms with Gasteiger partial charge in [0.1, 0.15) is 10.7 Å². The van der Waals surface area contributed by atoms with Gasteiger partial charge in [0.15, 0.2) is 0 Å². The van der Waals surface area contributed by atoms with Crippen molar-refractivity contribution in [1.29, 1.82) is 0 Å². The third-order valence-corrected chi connectivity index (χ3v) is 4.54. The van der Waals surface area contributed by atoms with Gasteiger partial charge < -0.3 is 5.32 Å². The molecule has 1 saturated carbocycles. The van der Waals surface area contributed by atoms with Gasteiger partial charge in [-0.15, -0.1) is 0 Å². The van der Waals surface area contributed by atoms with Gasteiger partial charge in [-0.2, -0.15) is 5.10 Å². The molecule has 3 N–H and O–H groups in total. The first kappa shape index (κ1) is 18.9. The molecule has 0 saturated heterocycles. The van der Waals surface area contributed by atoms with Crippen molar-refractivity contribution in [2.45, 2.75) is 39.3 Å². The minimum Gasteiger partial charge on any atom is -0.345 e. The van der Waals surface area contributed by atoms with Crippen molar-refractivity contribution < 1.29 is 14.4 Å². The van der Waals surface area contributed by atoms with Gasteiger partial charge in [0.2, 0.25) is 0 Å². The van der Waals surface area contributed by atoms with Gasteiger partial charge in [0.25, 0.3) is 5.91 Å². The fourth-order valence-corrected chi connectivity index (χ4v) is 2.81. The summed E-state index contributed by atoms with van der Waals surface area (Å²) < 4.78 is 1.51. The van der Waals surface area contributed by atoms with Crippen molar-refractivity contribution in [2.24, 2.45) is 0 Å². The molecule has 3 rings (SSSR count). The maximum Gasteiger partial charge on any atom is 0.327 e. The van der Waals surface area contributed by atoms with Crippen LogP contribution in [0.15, 0.2) is 24.3 Å². The summed E-state index contributed by atoms with van der Waals surface area (Å²) >= 11 is 6.31. The van der Waals surface area contributed by atoms with Crippen LogP contribution in [0.3, 0.4) is 0 Å². The highest BCUT2D eigenvalue weighted by atomic mass is 35.5. The lowest BCUT2D eigenvalue weighted by Gasteiger charge is -2.08. The average Bonchev–Trinajstić information content (AvgIpc) is 3.40. The predicted octanol–water partition coefficient (Wildman–Crippen LogP) is 1.24. The molecule has 1 aliphatic carbocycles. The number of aromatic nitrogens is 2. The lowest BCUT2D eigenvalue weighted by Crippen LogP contribution is -2.49. The van der Waals surface area contributed by atoms with Gasteiger partial charge in [-0.1, -0.05) is 41.4 Å². The van der Waals surface area contributed by atoms with Crippen molar-refractivity contribution in [3.05, 3.63) is 51.8 Å². The van der Waals surface area contributed by atoms with Gasteiger partial charge >= 0.3 is 11.8 Å². The first-order chi connectivity index (χ1) is 12.8. The second-order valence-corrected chi connectivity index (χ2v) is 6.91. The molecule has 1 aliphatic rings. The molecular weight excluding hydrogens is 370 g/mol. The predicted molar refractivity (Wildman–Crippen MR) is 99.0 cm³/mol. The molecule has 0 radical (unpaired) electrons. The molecule has 1 heterocycles. The Labute approximate surface area is 161 Å². The second kappa shape index (κ2) is 7.79. The second-order valence-electron chi connectivity index (χ2n) is 6.55. The van der Waals surface area contributed by atoms with Crippen molar-refractivity contribution in [1.82, 2.24) is 25.9 Å². The standard InChI is InChI=1S/C18H20ClN5O3/c1-10-3-5-12(6-4-10)9-24-15(19)14(11(2)23-24)16(25)21-22-18(27)17(26)20-13-7-8-13/h3-6,13H,7-9H2,1-2H3,(H,20,26)(H,21,25)(H,22,27). The van der Waals surface area contributed by atoms with E-state index in [-0.39, 0.29) is 16.8 Å². The fourth-order valence-electron chi connectivity index (χ4n) is 2.49. The monoisotopic (exact) mass is 389 g/mol. The van der Waals surface area contributed by atoms with E-state index >= 15 is 0 Å². The maximum atomic E-state index is 12.4. The van der Waals surface area contributed by atoms with Gasteiger partial charge in [-0.25, -0.2) is 4.68 Å². The van der Waals surface area contributed by atoms with Gasteiger partial charge in [0, 0.05) is 6.04 Å². The first-order valence-electron chi connectivity index (χ1n) is 8.54. The van der Waals surface area contributed by atoms with E-state index in [1.54, 1.807) is 6.92 Å². The van der Waals surface area contributed by atoms with Crippen LogP contribution >= 0.6 is 11.6 Å². The summed E-state index contributed by atoms with van der Waals surface area (Å²) in [5, 5.41) is 6.98. The zero-order valence-corrected chi connectivity index (χ0v) is 15.8. The molecule has 2 aromatic rings. The van der Waals surface area contributed by atoms with Gasteiger partial charge in [-0.05, 0) is 32.3 Å². The summed E-state index contributed by atoms with van der Waals surface area (Å²) in [6.45, 7) is 4.05. The normalized spacial score (nSPS) is 13.1. The zero-order valence-electron chi connectivity index (χ0n) is 15.0. The van der Waals surface area contributed by atoms with Gasteiger partial charge in [-0.3, -0.25) is 25.2 Å². The van der Waals surface area contributed by atoms with E-state index in [0.29, 0.717) is 12.2 Å². The Kier molecular flexibility index (Phi) is 5.46. The van der Waals surface area contributed by atoms with E-state index in [4.69, 9.17) is 11.6 Å². The van der Waals surface area contributed by atoms with Crippen LogP contribution in [0.4, 0.5) is 0 Å². The van der Waals surface area contributed by atoms with E-state index in [1.165, 1.54) is 4.68 Å². The Hall–Kier alpha value is -2.87. The van der Waals surface area contributed by atoms with Crippen molar-refractivity contribution in [2.75, 3.05) is 0 Å². The molecule has 27 heavy (non-hydrogen) atoms. The summed E-state index contributed by atoms with van der Waals surface area (Å²) in [4.78, 5) is 35.6. The van der Waals surface area contributed by atoms with E-state index in [1.807, 2.05) is 31.2 Å². The van der Waals surface area contributed by atoms with Crippen molar-refractivity contribution in [3.8, 4) is 0 Å². The summed E-state index contributed by atoms with van der Waals surface area (Å²) in [7, 11) is 0. The highest BCUT2D eigenvalue weighted by Gasteiger charge is 2.27. The summed E-state index contributed by atoms with van der Waals surface area (Å²) in [5.41, 5.74) is 6.98. The number of hydrogen-bond donors (Lipinski definition) is 3. The van der Waals surface area contributed by atoms with Crippen LogP contribution in [0.2, 0.25) is 5.15 Å². The molecule has 0 unspecified atom stereocenters. The van der Waals surface area contributed by atoms with E-state index in [9.17, 15) is 14.4 Å². The van der Waals surface area contributed by atoms with Crippen LogP contribution < -0.4 is 16.2 Å². The third kappa shape index (κ3) is 4.65. The highest BCUT2D eigenvalue weighted by molar-refractivity contribution is 6.35. The van der Waals surface area contributed by atoms with Crippen LogP contribution in [0.5, 0.6) is 0 Å². The number of halogens is 1. The van der Waals surface area contributed by atoms with Crippen LogP contribution in [0.1, 0.15) is 40.0 Å². The van der Waals surface area contributed by atoms with Crippen LogP contribution in [-0.2, 0) is 16.1 Å². The molecule has 1 fully saturated rings. The molecule has 9 heteroatoms. The number of nitrogens with one attached hydrogen (secondary N) is 3. The average molecular weight is 390 g/mol. The summed E-state index contributed by atoms with van der Waals surface area (Å²) in [5.74, 6) is -2.35. The Morgan fingerprint density at radius 1 is 1.11 bits per heavy atom. The van der Waals surface area contributed by atoms with E-state index < -0.39 is 17.7 Å². The van der Waals surface area contributed by atoms with Crippen molar-refractivity contribution >= 4 is 29.3 Å². The molecule has 1 aromatic heterocycles. The number of amides is 3. The summed E-state index contributed by atoms with van der Waals surface area (Å²) in [6, 6.07) is 7.93. The molecule has 0 spiro atoms.